The van der Waals surface area contributed by atoms with Gasteiger partial charge in [-0.05, 0) is 26.0 Å². The zero-order chi connectivity index (χ0) is 11.4. The minimum Gasteiger partial charge on any atom is -0.347 e. The summed E-state index contributed by atoms with van der Waals surface area (Å²) in [6.07, 6.45) is 1.40. The van der Waals surface area contributed by atoms with Crippen molar-refractivity contribution in [3.63, 3.8) is 0 Å². The van der Waals surface area contributed by atoms with Crippen molar-refractivity contribution in [2.45, 2.75) is 20.1 Å². The average molecular weight is 238 g/mol. The molecule has 86 valence electrons. The Kier molecular flexibility index (Phi) is 3.82. The van der Waals surface area contributed by atoms with Gasteiger partial charge in [0.25, 0.3) is 0 Å². The number of hydrogen-bond donors (Lipinski definition) is 0. The van der Waals surface area contributed by atoms with Crippen LogP contribution in [0.2, 0.25) is 0 Å². The number of pyridine rings is 1. The Bertz CT molecular complexity index is 419. The lowest BCUT2D eigenvalue weighted by atomic mass is 10.4. The molecule has 0 radical (unpaired) electrons. The third kappa shape index (κ3) is 2.37. The minimum absolute atomic E-state index is 0.366. The van der Waals surface area contributed by atoms with Gasteiger partial charge in [-0.1, -0.05) is 11.3 Å². The highest BCUT2D eigenvalue weighted by atomic mass is 32.1. The van der Waals surface area contributed by atoms with E-state index in [1.54, 1.807) is 6.20 Å². The molecular weight excluding hydrogens is 224 g/mol. The molecule has 0 saturated heterocycles. The van der Waals surface area contributed by atoms with Crippen molar-refractivity contribution in [2.24, 2.45) is 0 Å². The third-order valence-electron chi connectivity index (χ3n) is 2.02. The zero-order valence-corrected chi connectivity index (χ0v) is 10.2. The molecule has 0 aliphatic carbocycles. The Morgan fingerprint density at radius 1 is 1.31 bits per heavy atom. The molecule has 0 bridgehead atoms. The molecule has 0 spiro atoms. The molecule has 0 aliphatic heterocycles. The molecule has 0 fully saturated rings. The van der Waals surface area contributed by atoms with Gasteiger partial charge in [-0.25, -0.2) is 9.97 Å². The average Bonchev–Trinajstić information content (AvgIpc) is 2.72. The minimum atomic E-state index is -0.366. The summed E-state index contributed by atoms with van der Waals surface area (Å²) in [5, 5.41) is 0.831. The van der Waals surface area contributed by atoms with Gasteiger partial charge in [-0.15, -0.1) is 0 Å². The lowest BCUT2D eigenvalue weighted by Gasteiger charge is -2.13. The molecule has 0 amide bonds. The van der Waals surface area contributed by atoms with Crippen LogP contribution in [0.4, 0.5) is 0 Å². The van der Waals surface area contributed by atoms with Crippen molar-refractivity contribution in [1.82, 2.24) is 9.97 Å². The predicted molar refractivity (Wildman–Crippen MR) is 63.4 cm³/mol. The van der Waals surface area contributed by atoms with E-state index in [2.05, 4.69) is 9.97 Å². The lowest BCUT2D eigenvalue weighted by Crippen LogP contribution is -2.08. The Labute approximate surface area is 98.2 Å². The molecule has 4 nitrogen and oxygen atoms in total. The van der Waals surface area contributed by atoms with Crippen LogP contribution in [0.15, 0.2) is 18.3 Å². The van der Waals surface area contributed by atoms with E-state index < -0.39 is 0 Å². The van der Waals surface area contributed by atoms with Crippen LogP contribution in [0.5, 0.6) is 0 Å². The Balaban J connectivity index is 2.29. The number of thiazole rings is 1. The molecule has 16 heavy (non-hydrogen) atoms. The molecular formula is C11H14N2O2S. The van der Waals surface area contributed by atoms with E-state index in [0.717, 1.165) is 15.4 Å². The maximum absolute atomic E-state index is 5.50. The van der Waals surface area contributed by atoms with E-state index in [9.17, 15) is 0 Å². The topological polar surface area (TPSA) is 44.2 Å². The molecule has 2 aromatic rings. The molecule has 5 heteroatoms. The zero-order valence-electron chi connectivity index (χ0n) is 9.34. The number of fused-ring (bicyclic) bond motifs is 1. The van der Waals surface area contributed by atoms with Crippen molar-refractivity contribution in [2.75, 3.05) is 13.2 Å². The van der Waals surface area contributed by atoms with Crippen LogP contribution in [-0.4, -0.2) is 23.2 Å². The predicted octanol–water partition coefficient (Wildman–Crippen LogP) is 2.76. The smallest absolute Gasteiger partial charge is 0.210 e. The van der Waals surface area contributed by atoms with E-state index in [1.807, 2.05) is 26.0 Å². The summed E-state index contributed by atoms with van der Waals surface area (Å²) in [4.78, 5) is 9.62. The highest BCUT2D eigenvalue weighted by Crippen LogP contribution is 2.27. The number of aromatic nitrogens is 2. The first-order chi connectivity index (χ1) is 7.85. The second-order valence-electron chi connectivity index (χ2n) is 3.12. The number of nitrogens with zero attached hydrogens (tertiary/aromatic N) is 2. The maximum Gasteiger partial charge on any atom is 0.210 e. The third-order valence-corrected chi connectivity index (χ3v) is 3.02. The van der Waals surface area contributed by atoms with Gasteiger partial charge in [0, 0.05) is 19.4 Å². The van der Waals surface area contributed by atoms with Gasteiger partial charge < -0.3 is 9.47 Å². The Hall–Kier alpha value is -1.04. The number of rotatable bonds is 5. The van der Waals surface area contributed by atoms with Gasteiger partial charge in [0.2, 0.25) is 6.29 Å². The molecule has 2 aromatic heterocycles. The molecule has 0 aliphatic rings. The van der Waals surface area contributed by atoms with Gasteiger partial charge in [0.15, 0.2) is 5.01 Å². The van der Waals surface area contributed by atoms with E-state index in [0.29, 0.717) is 13.2 Å². The van der Waals surface area contributed by atoms with Gasteiger partial charge in [0.05, 0.1) is 0 Å². The standard InChI is InChI=1S/C11H14N2O2S/c1-3-14-11(15-4-2)10-13-8-6-5-7-12-9(8)16-10/h5-7,11H,3-4H2,1-2H3. The van der Waals surface area contributed by atoms with Gasteiger partial charge >= 0.3 is 0 Å². The largest absolute Gasteiger partial charge is 0.347 e. The van der Waals surface area contributed by atoms with Crippen LogP contribution in [0.25, 0.3) is 10.3 Å². The van der Waals surface area contributed by atoms with Crippen LogP contribution in [-0.2, 0) is 9.47 Å². The summed E-state index contributed by atoms with van der Waals surface area (Å²) < 4.78 is 11.0. The van der Waals surface area contributed by atoms with Gasteiger partial charge in [-0.3, -0.25) is 0 Å². The van der Waals surface area contributed by atoms with E-state index in [1.165, 1.54) is 11.3 Å². The van der Waals surface area contributed by atoms with Crippen molar-refractivity contribution in [1.29, 1.82) is 0 Å². The molecule has 0 aromatic carbocycles. The normalized spacial score (nSPS) is 11.4. The number of ether oxygens (including phenoxy) is 2. The van der Waals surface area contributed by atoms with Gasteiger partial charge in [-0.2, -0.15) is 0 Å². The monoisotopic (exact) mass is 238 g/mol. The summed E-state index contributed by atoms with van der Waals surface area (Å²) in [5.74, 6) is 0. The Morgan fingerprint density at radius 2 is 2.06 bits per heavy atom. The second-order valence-corrected chi connectivity index (χ2v) is 4.13. The molecule has 0 unspecified atom stereocenters. The van der Waals surface area contributed by atoms with Gasteiger partial charge in [0.1, 0.15) is 10.3 Å². The lowest BCUT2D eigenvalue weighted by molar-refractivity contribution is -0.140. The van der Waals surface area contributed by atoms with Crippen LogP contribution >= 0.6 is 11.3 Å². The van der Waals surface area contributed by atoms with E-state index in [-0.39, 0.29) is 6.29 Å². The first kappa shape index (κ1) is 11.4. The highest BCUT2D eigenvalue weighted by molar-refractivity contribution is 7.18. The fraction of sp³-hybridized carbons (Fsp3) is 0.455. The Morgan fingerprint density at radius 3 is 2.69 bits per heavy atom. The molecule has 0 N–H and O–H groups in total. The van der Waals surface area contributed by atoms with Crippen molar-refractivity contribution < 1.29 is 9.47 Å². The second kappa shape index (κ2) is 5.34. The van der Waals surface area contributed by atoms with E-state index >= 15 is 0 Å². The summed E-state index contributed by atoms with van der Waals surface area (Å²) in [6, 6.07) is 3.82. The highest BCUT2D eigenvalue weighted by Gasteiger charge is 2.16. The van der Waals surface area contributed by atoms with Crippen molar-refractivity contribution in [3.05, 3.63) is 23.3 Å². The van der Waals surface area contributed by atoms with E-state index in [4.69, 9.17) is 9.47 Å². The summed E-state index contributed by atoms with van der Waals surface area (Å²) in [7, 11) is 0. The SMILES string of the molecule is CCOC(OCC)c1nc2cccnc2s1. The summed E-state index contributed by atoms with van der Waals surface area (Å²) >= 11 is 1.51. The summed E-state index contributed by atoms with van der Waals surface area (Å²) in [5.41, 5.74) is 0.895. The fourth-order valence-corrected chi connectivity index (χ4v) is 2.29. The maximum atomic E-state index is 5.50. The first-order valence-electron chi connectivity index (χ1n) is 5.29. The van der Waals surface area contributed by atoms with Crippen LogP contribution in [0.3, 0.4) is 0 Å². The van der Waals surface area contributed by atoms with Crippen molar-refractivity contribution >= 4 is 21.7 Å². The van der Waals surface area contributed by atoms with Crippen molar-refractivity contribution in [3.8, 4) is 0 Å². The number of hydrogen-bond acceptors (Lipinski definition) is 5. The molecule has 2 rings (SSSR count). The quantitative estimate of drug-likeness (QED) is 0.751. The van der Waals surface area contributed by atoms with Crippen LogP contribution < -0.4 is 0 Å². The van der Waals surface area contributed by atoms with Crippen LogP contribution in [0.1, 0.15) is 25.1 Å². The van der Waals surface area contributed by atoms with Crippen LogP contribution in [0, 0.1) is 0 Å². The molecule has 2 heterocycles. The fourth-order valence-electron chi connectivity index (χ4n) is 1.38. The molecule has 0 atom stereocenters. The first-order valence-corrected chi connectivity index (χ1v) is 6.11. The summed E-state index contributed by atoms with van der Waals surface area (Å²) in [6.45, 7) is 5.09. The molecule has 0 saturated carbocycles.